The van der Waals surface area contributed by atoms with E-state index in [9.17, 15) is 4.79 Å². The van der Waals surface area contributed by atoms with Gasteiger partial charge in [0.15, 0.2) is 0 Å². The molecule has 0 aliphatic heterocycles. The minimum absolute atomic E-state index is 1.86. The zero-order valence-corrected chi connectivity index (χ0v) is 5.06. The average Bonchev–Trinajstić information content (AvgIpc) is 1.62. The number of aliphatic hydroxyl groups excluding tert-OH is 1. The van der Waals surface area contributed by atoms with Crippen LogP contribution in [0.15, 0.2) is 0 Å². The van der Waals surface area contributed by atoms with Crippen molar-refractivity contribution in [2.75, 3.05) is 0 Å². The molecular weight excluding hydrogens is 151 g/mol. The van der Waals surface area contributed by atoms with Crippen LogP contribution in [0.3, 0.4) is 0 Å². The molecule has 5 N–H and O–H groups in total. The fraction of sp³-hybridized carbons (Fsp3) is 0.500. The van der Waals surface area contributed by atoms with Gasteiger partial charge in [-0.15, -0.1) is 0 Å². The summed E-state index contributed by atoms with van der Waals surface area (Å²) in [6.45, 7) is 0. The Labute approximate surface area is 50.6 Å². The largest absolute Gasteiger partial charge is 0.476 e. The van der Waals surface area contributed by atoms with E-state index in [4.69, 9.17) is 24.9 Å². The van der Waals surface area contributed by atoms with E-state index < -0.39 is 19.8 Å². The summed E-state index contributed by atoms with van der Waals surface area (Å²) in [6.07, 6.45) is 0. The zero-order chi connectivity index (χ0) is 7.65. The van der Waals surface area contributed by atoms with E-state index in [1.54, 1.807) is 0 Å². The molecule has 0 aromatic carbocycles. The van der Waals surface area contributed by atoms with Crippen molar-refractivity contribution in [3.05, 3.63) is 0 Å². The van der Waals surface area contributed by atoms with Gasteiger partial charge in [-0.25, -0.2) is 4.79 Å². The molecule has 1 unspecified atom stereocenters. The Kier molecular flexibility index (Phi) is 2.48. The molecule has 0 bridgehead atoms. The average molecular weight is 157 g/mol. The molecule has 0 aromatic heterocycles. The SMILES string of the molecule is O=C(O)C(O)[P+](O)(O)O. The van der Waals surface area contributed by atoms with Crippen molar-refractivity contribution in [1.29, 1.82) is 0 Å². The Morgan fingerprint density at radius 1 is 1.33 bits per heavy atom. The molecular formula is C2H6O6P+. The second-order valence-electron chi connectivity index (χ2n) is 1.33. The fourth-order valence-electron chi connectivity index (χ4n) is 0.148. The van der Waals surface area contributed by atoms with Gasteiger partial charge in [0.05, 0.1) is 0 Å². The molecule has 0 amide bonds. The lowest BCUT2D eigenvalue weighted by Crippen LogP contribution is -2.22. The van der Waals surface area contributed by atoms with Gasteiger partial charge in [-0.3, -0.25) is 0 Å². The summed E-state index contributed by atoms with van der Waals surface area (Å²) in [6, 6.07) is 0. The molecule has 9 heavy (non-hydrogen) atoms. The molecule has 0 aliphatic carbocycles. The van der Waals surface area contributed by atoms with Crippen LogP contribution in [0.2, 0.25) is 0 Å². The quantitative estimate of drug-likeness (QED) is 0.299. The van der Waals surface area contributed by atoms with Crippen LogP contribution < -0.4 is 0 Å². The third-order valence-electron chi connectivity index (χ3n) is 0.549. The highest BCUT2D eigenvalue weighted by Crippen LogP contribution is 2.48. The normalized spacial score (nSPS) is 15.1. The van der Waals surface area contributed by atoms with Crippen LogP contribution >= 0.6 is 7.94 Å². The Hall–Kier alpha value is -0.260. The first-order chi connectivity index (χ1) is 3.85. The first kappa shape index (κ1) is 8.74. The van der Waals surface area contributed by atoms with Gasteiger partial charge in [0.1, 0.15) is 0 Å². The summed E-state index contributed by atoms with van der Waals surface area (Å²) in [5, 5.41) is 16.0. The molecule has 0 saturated carbocycles. The molecule has 1 atom stereocenters. The van der Waals surface area contributed by atoms with Crippen LogP contribution in [0.4, 0.5) is 0 Å². The maximum Gasteiger partial charge on any atom is 0.447 e. The van der Waals surface area contributed by atoms with Crippen molar-refractivity contribution in [3.8, 4) is 0 Å². The number of carboxylic acids is 1. The van der Waals surface area contributed by atoms with Crippen LogP contribution in [-0.2, 0) is 4.79 Å². The van der Waals surface area contributed by atoms with Crippen molar-refractivity contribution in [1.82, 2.24) is 0 Å². The standard InChI is InChI=1S/C2H5O6P/c3-1(4)2(5)9(6,7)8/h2,5-8H/p+1. The lowest BCUT2D eigenvalue weighted by molar-refractivity contribution is -0.143. The zero-order valence-electron chi connectivity index (χ0n) is 4.17. The van der Waals surface area contributed by atoms with E-state index >= 15 is 0 Å². The lowest BCUT2D eigenvalue weighted by atomic mass is 10.7. The van der Waals surface area contributed by atoms with E-state index in [1.165, 1.54) is 0 Å². The number of hydrogen-bond acceptors (Lipinski definition) is 5. The highest BCUT2D eigenvalue weighted by atomic mass is 31.2. The molecule has 6 nitrogen and oxygen atoms in total. The fourth-order valence-corrected chi connectivity index (χ4v) is 0.445. The highest BCUT2D eigenvalue weighted by molar-refractivity contribution is 7.60. The smallest absolute Gasteiger partial charge is 0.447 e. The summed E-state index contributed by atoms with van der Waals surface area (Å²) < 4.78 is 0. The van der Waals surface area contributed by atoms with E-state index in [-0.39, 0.29) is 0 Å². The molecule has 0 spiro atoms. The van der Waals surface area contributed by atoms with E-state index in [2.05, 4.69) is 0 Å². The Balaban J connectivity index is 4.04. The number of rotatable bonds is 2. The first-order valence-corrected chi connectivity index (χ1v) is 3.55. The minimum atomic E-state index is -4.61. The third-order valence-corrected chi connectivity index (χ3v) is 1.43. The monoisotopic (exact) mass is 157 g/mol. The van der Waals surface area contributed by atoms with Crippen molar-refractivity contribution in [2.45, 2.75) is 5.85 Å². The number of hydrogen-bond donors (Lipinski definition) is 5. The molecule has 7 heteroatoms. The molecule has 0 radical (unpaired) electrons. The molecule has 0 saturated heterocycles. The predicted molar refractivity (Wildman–Crippen MR) is 27.2 cm³/mol. The van der Waals surface area contributed by atoms with Gasteiger partial charge < -0.3 is 10.2 Å². The molecule has 0 fully saturated rings. The van der Waals surface area contributed by atoms with E-state index in [1.807, 2.05) is 0 Å². The topological polar surface area (TPSA) is 118 Å². The van der Waals surface area contributed by atoms with Crippen LogP contribution in [0, 0.1) is 0 Å². The lowest BCUT2D eigenvalue weighted by Gasteiger charge is -2.04. The summed E-state index contributed by atoms with van der Waals surface area (Å²) in [4.78, 5) is 33.8. The molecule has 0 heterocycles. The molecule has 0 aliphatic rings. The molecule has 54 valence electrons. The van der Waals surface area contributed by atoms with Gasteiger partial charge in [0.2, 0.25) is 0 Å². The molecule has 0 rings (SSSR count). The van der Waals surface area contributed by atoms with Crippen molar-refractivity contribution < 1.29 is 29.7 Å². The van der Waals surface area contributed by atoms with Crippen LogP contribution in [0.1, 0.15) is 0 Å². The number of carboxylic acid groups (broad SMARTS) is 1. The first-order valence-electron chi connectivity index (χ1n) is 1.83. The van der Waals surface area contributed by atoms with Crippen molar-refractivity contribution >= 4 is 13.9 Å². The van der Waals surface area contributed by atoms with Gasteiger partial charge in [-0.05, 0) is 0 Å². The van der Waals surface area contributed by atoms with Gasteiger partial charge in [0.25, 0.3) is 0 Å². The maximum atomic E-state index is 9.64. The summed E-state index contributed by atoms with van der Waals surface area (Å²) >= 11 is 0. The van der Waals surface area contributed by atoms with E-state index in [0.717, 1.165) is 0 Å². The van der Waals surface area contributed by atoms with Crippen molar-refractivity contribution in [2.24, 2.45) is 0 Å². The van der Waals surface area contributed by atoms with Crippen LogP contribution in [-0.4, -0.2) is 36.7 Å². The van der Waals surface area contributed by atoms with Crippen LogP contribution in [0.25, 0.3) is 0 Å². The Morgan fingerprint density at radius 3 is 1.67 bits per heavy atom. The third kappa shape index (κ3) is 2.69. The summed E-state index contributed by atoms with van der Waals surface area (Å²) in [7, 11) is -4.61. The highest BCUT2D eigenvalue weighted by Gasteiger charge is 2.47. The summed E-state index contributed by atoms with van der Waals surface area (Å²) in [5.74, 6) is -4.35. The Bertz CT molecular complexity index is 115. The van der Waals surface area contributed by atoms with Gasteiger partial charge in [-0.1, -0.05) is 0 Å². The van der Waals surface area contributed by atoms with Gasteiger partial charge in [-0.2, -0.15) is 14.7 Å². The number of aliphatic carboxylic acids is 1. The van der Waals surface area contributed by atoms with E-state index in [0.29, 0.717) is 0 Å². The van der Waals surface area contributed by atoms with Gasteiger partial charge >= 0.3 is 19.8 Å². The second kappa shape index (κ2) is 2.55. The predicted octanol–water partition coefficient (Wildman–Crippen LogP) is -1.87. The summed E-state index contributed by atoms with van der Waals surface area (Å²) in [5.41, 5.74) is 0. The minimum Gasteiger partial charge on any atom is -0.476 e. The maximum absolute atomic E-state index is 9.64. The Morgan fingerprint density at radius 2 is 1.67 bits per heavy atom. The number of carbonyl (C=O) groups is 1. The van der Waals surface area contributed by atoms with Crippen molar-refractivity contribution in [3.63, 3.8) is 0 Å². The molecule has 0 aromatic rings. The van der Waals surface area contributed by atoms with Crippen LogP contribution in [0.5, 0.6) is 0 Å². The number of aliphatic hydroxyl groups is 1. The second-order valence-corrected chi connectivity index (χ2v) is 3.05. The van der Waals surface area contributed by atoms with Gasteiger partial charge in [0, 0.05) is 0 Å².